The highest BCUT2D eigenvalue weighted by Gasteiger charge is 2.27. The number of carbonyl (C=O) groups is 2. The number of benzene rings is 1. The van der Waals surface area contributed by atoms with E-state index in [0.717, 1.165) is 17.3 Å². The summed E-state index contributed by atoms with van der Waals surface area (Å²) in [6.45, 7) is 2.47. The number of hydrogen-bond donors (Lipinski definition) is 1. The molecule has 0 saturated carbocycles. The van der Waals surface area contributed by atoms with Crippen LogP contribution < -0.4 is 5.32 Å². The lowest BCUT2D eigenvalue weighted by Crippen LogP contribution is -2.43. The first-order valence-corrected chi connectivity index (χ1v) is 11.1. The number of rotatable bonds is 8. The van der Waals surface area contributed by atoms with Crippen LogP contribution in [0.1, 0.15) is 29.6 Å². The minimum atomic E-state index is -0.0250. The maximum absolute atomic E-state index is 13.0. The van der Waals surface area contributed by atoms with Gasteiger partial charge in [0.15, 0.2) is 5.16 Å². The summed E-state index contributed by atoms with van der Waals surface area (Å²) in [4.78, 5) is 31.4. The van der Waals surface area contributed by atoms with Gasteiger partial charge in [-0.05, 0) is 43.7 Å². The fourth-order valence-corrected chi connectivity index (χ4v) is 4.06. The van der Waals surface area contributed by atoms with Gasteiger partial charge in [0, 0.05) is 62.9 Å². The van der Waals surface area contributed by atoms with Crippen molar-refractivity contribution in [3.8, 4) is 5.69 Å². The van der Waals surface area contributed by atoms with E-state index in [0.29, 0.717) is 44.6 Å². The molecular formula is C21H28N4O3S. The fourth-order valence-electron chi connectivity index (χ4n) is 3.53. The Kier molecular flexibility index (Phi) is 7.71. The van der Waals surface area contributed by atoms with Gasteiger partial charge < -0.3 is 15.0 Å². The summed E-state index contributed by atoms with van der Waals surface area (Å²) < 4.78 is 6.97. The molecule has 1 aromatic carbocycles. The van der Waals surface area contributed by atoms with Crippen LogP contribution in [0.5, 0.6) is 0 Å². The van der Waals surface area contributed by atoms with E-state index in [1.165, 1.54) is 0 Å². The van der Waals surface area contributed by atoms with Gasteiger partial charge in [0.2, 0.25) is 5.91 Å². The average Bonchev–Trinajstić information content (AvgIpc) is 3.25. The van der Waals surface area contributed by atoms with E-state index in [9.17, 15) is 9.59 Å². The van der Waals surface area contributed by atoms with Crippen molar-refractivity contribution in [1.82, 2.24) is 19.8 Å². The van der Waals surface area contributed by atoms with Crippen molar-refractivity contribution in [3.63, 3.8) is 0 Å². The normalized spacial score (nSPS) is 14.8. The van der Waals surface area contributed by atoms with Crippen LogP contribution in [0.25, 0.3) is 5.69 Å². The highest BCUT2D eigenvalue weighted by atomic mass is 32.2. The van der Waals surface area contributed by atoms with Gasteiger partial charge in [0.25, 0.3) is 5.91 Å². The first kappa shape index (κ1) is 21.4. The summed E-state index contributed by atoms with van der Waals surface area (Å²) >= 11 is 1.56. The maximum atomic E-state index is 13.0. The molecule has 2 aromatic rings. The topological polar surface area (TPSA) is 76.5 Å². The Labute approximate surface area is 175 Å². The van der Waals surface area contributed by atoms with Gasteiger partial charge in [0.1, 0.15) is 0 Å². The Balaban J connectivity index is 1.57. The van der Waals surface area contributed by atoms with E-state index in [1.54, 1.807) is 25.1 Å². The molecule has 0 radical (unpaired) electrons. The van der Waals surface area contributed by atoms with Crippen molar-refractivity contribution in [2.24, 2.45) is 5.92 Å². The molecule has 3 rings (SSSR count). The van der Waals surface area contributed by atoms with Crippen LogP contribution in [0.2, 0.25) is 0 Å². The molecule has 1 N–H and O–H groups in total. The number of carbonyl (C=O) groups excluding carboxylic acids is 2. The van der Waals surface area contributed by atoms with Crippen LogP contribution in [0.4, 0.5) is 0 Å². The molecule has 156 valence electrons. The second-order valence-corrected chi connectivity index (χ2v) is 7.81. The first-order valence-electron chi connectivity index (χ1n) is 9.87. The van der Waals surface area contributed by atoms with Gasteiger partial charge in [-0.2, -0.15) is 0 Å². The molecule has 1 saturated heterocycles. The van der Waals surface area contributed by atoms with Crippen molar-refractivity contribution >= 4 is 23.6 Å². The summed E-state index contributed by atoms with van der Waals surface area (Å²) in [6, 6.07) is 7.61. The molecule has 1 aromatic heterocycles. The van der Waals surface area contributed by atoms with Crippen molar-refractivity contribution in [2.45, 2.75) is 24.4 Å². The quantitative estimate of drug-likeness (QED) is 0.529. The van der Waals surface area contributed by atoms with E-state index >= 15 is 0 Å². The zero-order chi connectivity index (χ0) is 20.6. The van der Waals surface area contributed by atoms with Gasteiger partial charge >= 0.3 is 0 Å². The van der Waals surface area contributed by atoms with Gasteiger partial charge in [-0.25, -0.2) is 4.98 Å². The van der Waals surface area contributed by atoms with Crippen molar-refractivity contribution < 1.29 is 14.3 Å². The molecule has 0 atom stereocenters. The second kappa shape index (κ2) is 10.5. The number of amides is 2. The molecule has 0 spiro atoms. The van der Waals surface area contributed by atoms with Crippen molar-refractivity contribution in [3.05, 3.63) is 42.2 Å². The monoisotopic (exact) mass is 416 g/mol. The van der Waals surface area contributed by atoms with Crippen molar-refractivity contribution in [2.75, 3.05) is 39.6 Å². The van der Waals surface area contributed by atoms with E-state index in [2.05, 4.69) is 10.3 Å². The fraction of sp³-hybridized carbons (Fsp3) is 0.476. The summed E-state index contributed by atoms with van der Waals surface area (Å²) in [5.41, 5.74) is 1.58. The van der Waals surface area contributed by atoms with E-state index in [1.807, 2.05) is 46.2 Å². The summed E-state index contributed by atoms with van der Waals surface area (Å²) in [5.74, 6) is 0.0690. The number of nitrogens with zero attached hydrogens (tertiary/aromatic N) is 3. The number of methoxy groups -OCH3 is 1. The lowest BCUT2D eigenvalue weighted by molar-refractivity contribution is -0.126. The molecule has 1 fully saturated rings. The third-order valence-corrected chi connectivity index (χ3v) is 5.81. The van der Waals surface area contributed by atoms with Crippen molar-refractivity contribution in [1.29, 1.82) is 0 Å². The Morgan fingerprint density at radius 3 is 2.83 bits per heavy atom. The maximum Gasteiger partial charge on any atom is 0.253 e. The lowest BCUT2D eigenvalue weighted by Gasteiger charge is -2.31. The molecule has 8 heteroatoms. The second-order valence-electron chi connectivity index (χ2n) is 7.04. The zero-order valence-corrected chi connectivity index (χ0v) is 17.8. The predicted molar refractivity (Wildman–Crippen MR) is 113 cm³/mol. The van der Waals surface area contributed by atoms with E-state index in [-0.39, 0.29) is 17.7 Å². The molecule has 1 aliphatic rings. The van der Waals surface area contributed by atoms with Crippen LogP contribution in [0, 0.1) is 5.92 Å². The minimum Gasteiger partial charge on any atom is -0.385 e. The number of imidazole rings is 1. The summed E-state index contributed by atoms with van der Waals surface area (Å²) in [5, 5.41) is 3.85. The molecule has 0 unspecified atom stereocenters. The van der Waals surface area contributed by atoms with Gasteiger partial charge in [-0.15, -0.1) is 0 Å². The first-order chi connectivity index (χ1) is 14.1. The number of thioether (sulfide) groups is 1. The molecular weight excluding hydrogens is 388 g/mol. The van der Waals surface area contributed by atoms with Crippen LogP contribution in [-0.2, 0) is 9.53 Å². The molecule has 2 amide bonds. The lowest BCUT2D eigenvalue weighted by atomic mass is 9.95. The number of piperidine rings is 1. The molecule has 1 aliphatic heterocycles. The minimum absolute atomic E-state index is 0.0108. The standard InChI is InChI=1S/C21H28N4O3S/c1-28-14-4-9-22-19(26)16-7-11-24(12-8-16)20(27)17-5-3-6-18(15-17)25-13-10-23-21(25)29-2/h3,5-6,10,13,15-16H,4,7-9,11-12,14H2,1-2H3,(H,22,26). The molecule has 7 nitrogen and oxygen atoms in total. The molecule has 0 bridgehead atoms. The Bertz CT molecular complexity index is 831. The average molecular weight is 417 g/mol. The molecule has 2 heterocycles. The van der Waals surface area contributed by atoms with Crippen LogP contribution >= 0.6 is 11.8 Å². The summed E-state index contributed by atoms with van der Waals surface area (Å²) in [6.07, 6.45) is 7.83. The number of likely N-dealkylation sites (tertiary alicyclic amines) is 1. The third kappa shape index (κ3) is 5.39. The SMILES string of the molecule is COCCCNC(=O)C1CCN(C(=O)c2cccc(-n3ccnc3SC)c2)CC1. The summed E-state index contributed by atoms with van der Waals surface area (Å²) in [7, 11) is 1.65. The highest BCUT2D eigenvalue weighted by molar-refractivity contribution is 7.98. The largest absolute Gasteiger partial charge is 0.385 e. The van der Waals surface area contributed by atoms with E-state index < -0.39 is 0 Å². The highest BCUT2D eigenvalue weighted by Crippen LogP contribution is 2.22. The zero-order valence-electron chi connectivity index (χ0n) is 17.0. The predicted octanol–water partition coefficient (Wildman–Crippen LogP) is 2.60. The number of ether oxygens (including phenoxy) is 1. The molecule has 29 heavy (non-hydrogen) atoms. The van der Waals surface area contributed by atoms with Crippen LogP contribution in [-0.4, -0.2) is 65.9 Å². The van der Waals surface area contributed by atoms with Crippen LogP contribution in [0.3, 0.4) is 0 Å². The van der Waals surface area contributed by atoms with Gasteiger partial charge in [-0.3, -0.25) is 14.2 Å². The Morgan fingerprint density at radius 2 is 2.10 bits per heavy atom. The Morgan fingerprint density at radius 1 is 1.31 bits per heavy atom. The number of hydrogen-bond acceptors (Lipinski definition) is 5. The van der Waals surface area contributed by atoms with Crippen LogP contribution in [0.15, 0.2) is 41.8 Å². The number of nitrogens with one attached hydrogen (secondary N) is 1. The van der Waals surface area contributed by atoms with E-state index in [4.69, 9.17) is 4.74 Å². The number of aromatic nitrogens is 2. The smallest absolute Gasteiger partial charge is 0.253 e. The Hall–Kier alpha value is -2.32. The molecule has 0 aliphatic carbocycles. The van der Waals surface area contributed by atoms with Gasteiger partial charge in [-0.1, -0.05) is 17.8 Å². The van der Waals surface area contributed by atoms with Gasteiger partial charge in [0.05, 0.1) is 0 Å². The third-order valence-electron chi connectivity index (χ3n) is 5.14.